The minimum absolute atomic E-state index is 0.158. The summed E-state index contributed by atoms with van der Waals surface area (Å²) in [6.07, 6.45) is 0. The predicted octanol–water partition coefficient (Wildman–Crippen LogP) is 0.720. The van der Waals surface area contributed by atoms with Crippen LogP contribution >= 0.6 is 11.6 Å². The standard InChI is InChI=1S/C10H16ClN5O/c1-6-5-16(7(2)4-12-6)9-13-8(11)14-10(15-9)17-3/h6-7,12H,4-5H2,1-3H3. The Kier molecular flexibility index (Phi) is 3.63. The Balaban J connectivity index is 2.28. The van der Waals surface area contributed by atoms with Gasteiger partial charge in [-0.3, -0.25) is 0 Å². The summed E-state index contributed by atoms with van der Waals surface area (Å²) in [4.78, 5) is 14.4. The van der Waals surface area contributed by atoms with Crippen LogP contribution in [0.4, 0.5) is 5.95 Å². The van der Waals surface area contributed by atoms with E-state index in [4.69, 9.17) is 16.3 Å². The van der Waals surface area contributed by atoms with E-state index in [1.807, 2.05) is 0 Å². The molecule has 2 rings (SSSR count). The Morgan fingerprint density at radius 2 is 2.12 bits per heavy atom. The quantitative estimate of drug-likeness (QED) is 0.842. The van der Waals surface area contributed by atoms with Crippen LogP contribution in [-0.4, -0.2) is 47.2 Å². The van der Waals surface area contributed by atoms with Crippen LogP contribution in [0.5, 0.6) is 6.01 Å². The third kappa shape index (κ3) is 2.76. The first-order valence-corrected chi connectivity index (χ1v) is 5.93. The van der Waals surface area contributed by atoms with E-state index in [1.165, 1.54) is 7.11 Å². The summed E-state index contributed by atoms with van der Waals surface area (Å²) < 4.78 is 5.00. The van der Waals surface area contributed by atoms with Gasteiger partial charge in [0.15, 0.2) is 0 Å². The molecule has 0 bridgehead atoms. The molecule has 2 unspecified atom stereocenters. The summed E-state index contributed by atoms with van der Waals surface area (Å²) in [6, 6.07) is 0.959. The molecule has 1 saturated heterocycles. The number of halogens is 1. The molecule has 0 aromatic carbocycles. The third-order valence-electron chi connectivity index (χ3n) is 2.78. The Morgan fingerprint density at radius 1 is 1.35 bits per heavy atom. The fourth-order valence-corrected chi connectivity index (χ4v) is 1.99. The van der Waals surface area contributed by atoms with Crippen LogP contribution in [0, 0.1) is 0 Å². The van der Waals surface area contributed by atoms with Gasteiger partial charge in [-0.05, 0) is 25.4 Å². The van der Waals surface area contributed by atoms with Gasteiger partial charge in [0.2, 0.25) is 11.2 Å². The summed E-state index contributed by atoms with van der Waals surface area (Å²) in [5, 5.41) is 3.56. The van der Waals surface area contributed by atoms with Crippen molar-refractivity contribution >= 4 is 17.5 Å². The van der Waals surface area contributed by atoms with Crippen molar-refractivity contribution in [1.29, 1.82) is 0 Å². The Labute approximate surface area is 105 Å². The SMILES string of the molecule is COc1nc(Cl)nc(N2CC(C)NCC2C)n1. The number of nitrogens with one attached hydrogen (secondary N) is 1. The first-order valence-electron chi connectivity index (χ1n) is 5.55. The summed E-state index contributed by atoms with van der Waals surface area (Å²) in [6.45, 7) is 5.97. The number of anilines is 1. The first-order chi connectivity index (χ1) is 8.10. The van der Waals surface area contributed by atoms with E-state index in [1.54, 1.807) is 0 Å². The Bertz CT molecular complexity index is 402. The van der Waals surface area contributed by atoms with Gasteiger partial charge in [0.25, 0.3) is 0 Å². The molecule has 0 saturated carbocycles. The summed E-state index contributed by atoms with van der Waals surface area (Å²) in [7, 11) is 1.51. The molecule has 17 heavy (non-hydrogen) atoms. The molecule has 2 atom stereocenters. The van der Waals surface area contributed by atoms with Gasteiger partial charge in [0.1, 0.15) is 0 Å². The number of hydrogen-bond donors (Lipinski definition) is 1. The van der Waals surface area contributed by atoms with E-state index in [0.717, 1.165) is 13.1 Å². The maximum atomic E-state index is 5.85. The largest absolute Gasteiger partial charge is 0.467 e. The van der Waals surface area contributed by atoms with Crippen LogP contribution in [-0.2, 0) is 0 Å². The number of rotatable bonds is 2. The van der Waals surface area contributed by atoms with Crippen molar-refractivity contribution in [1.82, 2.24) is 20.3 Å². The van der Waals surface area contributed by atoms with Crippen molar-refractivity contribution in [2.45, 2.75) is 25.9 Å². The summed E-state index contributed by atoms with van der Waals surface area (Å²) in [5.74, 6) is 0.572. The molecule has 0 amide bonds. The number of hydrogen-bond acceptors (Lipinski definition) is 6. The van der Waals surface area contributed by atoms with E-state index in [-0.39, 0.29) is 11.3 Å². The average Bonchev–Trinajstić information content (AvgIpc) is 2.31. The fraction of sp³-hybridized carbons (Fsp3) is 0.700. The van der Waals surface area contributed by atoms with Crippen LogP contribution < -0.4 is 15.0 Å². The molecule has 1 fully saturated rings. The highest BCUT2D eigenvalue weighted by molar-refractivity contribution is 6.28. The minimum atomic E-state index is 0.158. The number of nitrogens with zero attached hydrogens (tertiary/aromatic N) is 4. The second kappa shape index (κ2) is 5.01. The summed E-state index contributed by atoms with van der Waals surface area (Å²) in [5.41, 5.74) is 0. The number of ether oxygens (including phenoxy) is 1. The number of piperazine rings is 1. The van der Waals surface area contributed by atoms with Crippen molar-refractivity contribution in [2.24, 2.45) is 0 Å². The van der Waals surface area contributed by atoms with Gasteiger partial charge in [-0.15, -0.1) is 0 Å². The maximum Gasteiger partial charge on any atom is 0.322 e. The van der Waals surface area contributed by atoms with Crippen LogP contribution in [0.2, 0.25) is 5.28 Å². The highest BCUT2D eigenvalue weighted by atomic mass is 35.5. The van der Waals surface area contributed by atoms with Crippen molar-refractivity contribution in [3.63, 3.8) is 0 Å². The lowest BCUT2D eigenvalue weighted by molar-refractivity contribution is 0.373. The second-order valence-corrected chi connectivity index (χ2v) is 4.54. The molecular weight excluding hydrogens is 242 g/mol. The maximum absolute atomic E-state index is 5.85. The lowest BCUT2D eigenvalue weighted by Gasteiger charge is -2.37. The minimum Gasteiger partial charge on any atom is -0.467 e. The van der Waals surface area contributed by atoms with Gasteiger partial charge in [-0.1, -0.05) is 0 Å². The third-order valence-corrected chi connectivity index (χ3v) is 2.95. The average molecular weight is 258 g/mol. The molecule has 0 spiro atoms. The van der Waals surface area contributed by atoms with E-state index in [9.17, 15) is 0 Å². The smallest absolute Gasteiger partial charge is 0.322 e. The molecule has 7 heteroatoms. The molecule has 1 aromatic rings. The monoisotopic (exact) mass is 257 g/mol. The molecule has 2 heterocycles. The second-order valence-electron chi connectivity index (χ2n) is 4.20. The van der Waals surface area contributed by atoms with Crippen molar-refractivity contribution in [2.75, 3.05) is 25.1 Å². The Morgan fingerprint density at radius 3 is 2.82 bits per heavy atom. The predicted molar refractivity (Wildman–Crippen MR) is 65.7 cm³/mol. The van der Waals surface area contributed by atoms with Gasteiger partial charge in [0, 0.05) is 25.2 Å². The number of aromatic nitrogens is 3. The fourth-order valence-electron chi connectivity index (χ4n) is 1.84. The van der Waals surface area contributed by atoms with Gasteiger partial charge < -0.3 is 15.0 Å². The molecule has 1 aliphatic rings. The van der Waals surface area contributed by atoms with Gasteiger partial charge in [-0.25, -0.2) is 0 Å². The number of methoxy groups -OCH3 is 1. The van der Waals surface area contributed by atoms with Gasteiger partial charge in [0.05, 0.1) is 7.11 Å². The lowest BCUT2D eigenvalue weighted by atomic mass is 10.1. The van der Waals surface area contributed by atoms with Crippen molar-refractivity contribution < 1.29 is 4.74 Å². The normalized spacial score (nSPS) is 24.8. The summed E-state index contributed by atoms with van der Waals surface area (Å²) >= 11 is 5.85. The highest BCUT2D eigenvalue weighted by Gasteiger charge is 2.25. The topological polar surface area (TPSA) is 63.2 Å². The molecule has 1 aromatic heterocycles. The molecule has 1 N–H and O–H groups in total. The van der Waals surface area contributed by atoms with Crippen LogP contribution in [0.25, 0.3) is 0 Å². The van der Waals surface area contributed by atoms with E-state index in [2.05, 4.69) is 39.0 Å². The molecule has 0 aliphatic carbocycles. The molecule has 1 aliphatic heterocycles. The van der Waals surface area contributed by atoms with Crippen molar-refractivity contribution in [3.05, 3.63) is 5.28 Å². The zero-order chi connectivity index (χ0) is 12.4. The molecule has 94 valence electrons. The zero-order valence-corrected chi connectivity index (χ0v) is 10.9. The lowest BCUT2D eigenvalue weighted by Crippen LogP contribution is -2.55. The first kappa shape index (κ1) is 12.3. The van der Waals surface area contributed by atoms with Crippen molar-refractivity contribution in [3.8, 4) is 6.01 Å². The van der Waals surface area contributed by atoms with Gasteiger partial charge >= 0.3 is 6.01 Å². The van der Waals surface area contributed by atoms with Crippen LogP contribution in [0.15, 0.2) is 0 Å². The Hall–Kier alpha value is -1.14. The van der Waals surface area contributed by atoms with E-state index < -0.39 is 0 Å². The van der Waals surface area contributed by atoms with Crippen LogP contribution in [0.1, 0.15) is 13.8 Å². The van der Waals surface area contributed by atoms with E-state index in [0.29, 0.717) is 18.0 Å². The molecule has 6 nitrogen and oxygen atoms in total. The van der Waals surface area contributed by atoms with E-state index >= 15 is 0 Å². The van der Waals surface area contributed by atoms with Gasteiger partial charge in [-0.2, -0.15) is 15.0 Å². The highest BCUT2D eigenvalue weighted by Crippen LogP contribution is 2.19. The zero-order valence-electron chi connectivity index (χ0n) is 10.1. The van der Waals surface area contributed by atoms with Crippen LogP contribution in [0.3, 0.4) is 0 Å². The molecular formula is C10H16ClN5O. The molecule has 0 radical (unpaired) electrons.